The van der Waals surface area contributed by atoms with Crippen molar-refractivity contribution in [1.82, 2.24) is 4.98 Å². The second kappa shape index (κ2) is 5.67. The number of aromatic nitrogens is 1. The molecule has 0 aliphatic heterocycles. The minimum atomic E-state index is 0.0877. The van der Waals surface area contributed by atoms with Crippen LogP contribution in [0.5, 0.6) is 0 Å². The average molecular weight is 264 g/mol. The van der Waals surface area contributed by atoms with Crippen LogP contribution in [0.3, 0.4) is 0 Å². The molecule has 0 saturated heterocycles. The zero-order chi connectivity index (χ0) is 12.3. The third-order valence-electron chi connectivity index (χ3n) is 2.46. The molecule has 0 spiro atoms. The first-order chi connectivity index (χ1) is 8.16. The van der Waals surface area contributed by atoms with Gasteiger partial charge in [0.25, 0.3) is 0 Å². The number of hydrogen-bond donors (Lipinski definition) is 1. The summed E-state index contributed by atoms with van der Waals surface area (Å²) in [5, 5.41) is 1.14. The molecule has 0 amide bonds. The Bertz CT molecular complexity index is 492. The van der Waals surface area contributed by atoms with Crippen molar-refractivity contribution in [3.05, 3.63) is 45.9 Å². The van der Waals surface area contributed by atoms with E-state index in [1.165, 1.54) is 10.5 Å². The fourth-order valence-electron chi connectivity index (χ4n) is 1.46. The highest BCUT2D eigenvalue weighted by Crippen LogP contribution is 2.28. The van der Waals surface area contributed by atoms with E-state index in [9.17, 15) is 0 Å². The van der Waals surface area contributed by atoms with E-state index < -0.39 is 0 Å². The number of nitrogens with zero attached hydrogens (tertiary/aromatic N) is 1. The van der Waals surface area contributed by atoms with Crippen molar-refractivity contribution in [2.24, 2.45) is 5.73 Å². The van der Waals surface area contributed by atoms with Crippen molar-refractivity contribution in [1.29, 1.82) is 0 Å². The molecule has 1 atom stereocenters. The lowest BCUT2D eigenvalue weighted by Crippen LogP contribution is -2.01. The lowest BCUT2D eigenvalue weighted by Gasteiger charge is -2.03. The lowest BCUT2D eigenvalue weighted by molar-refractivity contribution is 0.835. The Hall–Kier alpha value is -0.840. The maximum absolute atomic E-state index is 5.82. The maximum Gasteiger partial charge on any atom is 0.103 e. The van der Waals surface area contributed by atoms with Crippen molar-refractivity contribution in [3.63, 3.8) is 0 Å². The van der Waals surface area contributed by atoms with E-state index >= 15 is 0 Å². The summed E-state index contributed by atoms with van der Waals surface area (Å²) in [6, 6.07) is 8.52. The smallest absolute Gasteiger partial charge is 0.103 e. The second-order valence-electron chi connectivity index (χ2n) is 4.00. The van der Waals surface area contributed by atoms with Gasteiger partial charge in [0.1, 0.15) is 5.01 Å². The molecule has 1 unspecified atom stereocenters. The molecule has 0 bridgehead atoms. The lowest BCUT2D eigenvalue weighted by atomic mass is 10.2. The fourth-order valence-corrected chi connectivity index (χ4v) is 3.36. The summed E-state index contributed by atoms with van der Waals surface area (Å²) >= 11 is 3.54. The van der Waals surface area contributed by atoms with Gasteiger partial charge in [0.15, 0.2) is 0 Å². The second-order valence-corrected chi connectivity index (χ2v) is 6.16. The van der Waals surface area contributed by atoms with Crippen molar-refractivity contribution >= 4 is 23.1 Å². The molecular weight excluding hydrogens is 248 g/mol. The molecule has 4 heteroatoms. The van der Waals surface area contributed by atoms with Crippen LogP contribution in [-0.2, 0) is 5.75 Å². The summed E-state index contributed by atoms with van der Waals surface area (Å²) in [6.45, 7) is 4.13. The normalized spacial score (nSPS) is 12.6. The van der Waals surface area contributed by atoms with Gasteiger partial charge in [-0.05, 0) is 25.5 Å². The predicted molar refractivity (Wildman–Crippen MR) is 75.5 cm³/mol. The number of thiazole rings is 1. The van der Waals surface area contributed by atoms with Crippen LogP contribution in [0.15, 0.2) is 35.4 Å². The summed E-state index contributed by atoms with van der Waals surface area (Å²) in [4.78, 5) is 6.88. The summed E-state index contributed by atoms with van der Waals surface area (Å²) < 4.78 is 0. The first kappa shape index (κ1) is 12.6. The van der Waals surface area contributed by atoms with Crippen molar-refractivity contribution in [2.45, 2.75) is 30.5 Å². The van der Waals surface area contributed by atoms with Crippen molar-refractivity contribution < 1.29 is 0 Å². The number of aryl methyl sites for hydroxylation is 1. The molecule has 2 nitrogen and oxygen atoms in total. The molecule has 0 saturated carbocycles. The molecule has 2 N–H and O–H groups in total. The topological polar surface area (TPSA) is 38.9 Å². The Balaban J connectivity index is 2.00. The van der Waals surface area contributed by atoms with Gasteiger partial charge < -0.3 is 5.73 Å². The number of hydrogen-bond acceptors (Lipinski definition) is 4. The summed E-state index contributed by atoms with van der Waals surface area (Å²) in [5.74, 6) is 0.919. The molecule has 2 aromatic rings. The van der Waals surface area contributed by atoms with E-state index in [2.05, 4.69) is 36.2 Å². The van der Waals surface area contributed by atoms with Gasteiger partial charge in [-0.15, -0.1) is 23.1 Å². The van der Waals surface area contributed by atoms with Crippen LogP contribution < -0.4 is 5.73 Å². The number of thioether (sulfide) groups is 1. The van der Waals surface area contributed by atoms with Gasteiger partial charge in [-0.2, -0.15) is 0 Å². The van der Waals surface area contributed by atoms with Gasteiger partial charge in [-0.25, -0.2) is 4.98 Å². The van der Waals surface area contributed by atoms with E-state index in [1.54, 1.807) is 11.3 Å². The number of nitrogens with two attached hydrogens (primary N) is 1. The minimum absolute atomic E-state index is 0.0877. The van der Waals surface area contributed by atoms with Crippen LogP contribution in [0, 0.1) is 6.92 Å². The zero-order valence-corrected chi connectivity index (χ0v) is 11.6. The Labute approximate surface area is 110 Å². The number of benzene rings is 1. The third-order valence-corrected chi connectivity index (χ3v) is 5.03. The van der Waals surface area contributed by atoms with E-state index in [-0.39, 0.29) is 6.04 Å². The highest BCUT2D eigenvalue weighted by atomic mass is 32.2. The van der Waals surface area contributed by atoms with Crippen LogP contribution in [0.25, 0.3) is 0 Å². The molecule has 17 heavy (non-hydrogen) atoms. The molecule has 90 valence electrons. The van der Waals surface area contributed by atoms with Crippen LogP contribution >= 0.6 is 23.1 Å². The van der Waals surface area contributed by atoms with E-state index in [0.717, 1.165) is 15.6 Å². The van der Waals surface area contributed by atoms with Gasteiger partial charge in [-0.1, -0.05) is 18.2 Å². The highest BCUT2D eigenvalue weighted by Gasteiger charge is 2.06. The van der Waals surface area contributed by atoms with E-state index in [1.807, 2.05) is 24.9 Å². The van der Waals surface area contributed by atoms with Gasteiger partial charge in [-0.3, -0.25) is 0 Å². The molecule has 1 heterocycles. The van der Waals surface area contributed by atoms with Gasteiger partial charge >= 0.3 is 0 Å². The van der Waals surface area contributed by atoms with Crippen molar-refractivity contribution in [2.75, 3.05) is 0 Å². The van der Waals surface area contributed by atoms with Gasteiger partial charge in [0.2, 0.25) is 0 Å². The number of rotatable bonds is 4. The Morgan fingerprint density at radius 1 is 1.41 bits per heavy atom. The molecule has 0 fully saturated rings. The molecule has 0 aliphatic carbocycles. The standard InChI is InChI=1S/C13H16N2S2/c1-9-5-3-4-6-11(9)16-8-13-15-7-12(17-13)10(2)14/h3-7,10H,8,14H2,1-2H3. The molecule has 0 radical (unpaired) electrons. The van der Waals surface area contributed by atoms with Crippen LogP contribution in [-0.4, -0.2) is 4.98 Å². The molecule has 2 rings (SSSR count). The fraction of sp³-hybridized carbons (Fsp3) is 0.308. The highest BCUT2D eigenvalue weighted by molar-refractivity contribution is 7.98. The van der Waals surface area contributed by atoms with Crippen LogP contribution in [0.1, 0.15) is 28.4 Å². The summed E-state index contributed by atoms with van der Waals surface area (Å²) in [5.41, 5.74) is 7.14. The zero-order valence-electron chi connectivity index (χ0n) is 10.0. The first-order valence-electron chi connectivity index (χ1n) is 5.55. The van der Waals surface area contributed by atoms with Gasteiger partial charge in [0, 0.05) is 22.0 Å². The summed E-state index contributed by atoms with van der Waals surface area (Å²) in [6.07, 6.45) is 1.89. The van der Waals surface area contributed by atoms with Crippen LogP contribution in [0.2, 0.25) is 0 Å². The molecule has 1 aromatic carbocycles. The van der Waals surface area contributed by atoms with E-state index in [0.29, 0.717) is 0 Å². The Kier molecular flexibility index (Phi) is 4.20. The Morgan fingerprint density at radius 3 is 2.82 bits per heavy atom. The Morgan fingerprint density at radius 2 is 2.18 bits per heavy atom. The predicted octanol–water partition coefficient (Wildman–Crippen LogP) is 3.76. The SMILES string of the molecule is Cc1ccccc1SCc1ncc(C(C)N)s1. The molecule has 0 aliphatic rings. The first-order valence-corrected chi connectivity index (χ1v) is 7.35. The van der Waals surface area contributed by atoms with E-state index in [4.69, 9.17) is 5.73 Å². The average Bonchev–Trinajstić information content (AvgIpc) is 2.77. The monoisotopic (exact) mass is 264 g/mol. The maximum atomic E-state index is 5.82. The largest absolute Gasteiger partial charge is 0.323 e. The summed E-state index contributed by atoms with van der Waals surface area (Å²) in [7, 11) is 0. The molecule has 1 aromatic heterocycles. The third kappa shape index (κ3) is 3.31. The van der Waals surface area contributed by atoms with Crippen LogP contribution in [0.4, 0.5) is 0 Å². The quantitative estimate of drug-likeness (QED) is 0.854. The molecular formula is C13H16N2S2. The minimum Gasteiger partial charge on any atom is -0.323 e. The van der Waals surface area contributed by atoms with Crippen molar-refractivity contribution in [3.8, 4) is 0 Å². The van der Waals surface area contributed by atoms with Gasteiger partial charge in [0.05, 0.1) is 5.75 Å².